The third-order valence-corrected chi connectivity index (χ3v) is 6.39. The van der Waals surface area contributed by atoms with Gasteiger partial charge < -0.3 is 4.74 Å². The smallest absolute Gasteiger partial charge is 0.416 e. The summed E-state index contributed by atoms with van der Waals surface area (Å²) in [4.78, 5) is 49.5. The van der Waals surface area contributed by atoms with Crippen LogP contribution in [0.2, 0.25) is 5.02 Å². The highest BCUT2D eigenvalue weighted by atomic mass is 79.9. The van der Waals surface area contributed by atoms with Gasteiger partial charge >= 0.3 is 17.9 Å². The Morgan fingerprint density at radius 2 is 1.74 bits per heavy atom. The maximum atomic E-state index is 13.3. The number of nitrogens with one attached hydrogen (secondary N) is 1. The van der Waals surface area contributed by atoms with Crippen LogP contribution in [0.15, 0.2) is 64.6 Å². The van der Waals surface area contributed by atoms with Gasteiger partial charge in [-0.15, -0.1) is 0 Å². The van der Waals surface area contributed by atoms with Crippen molar-refractivity contribution in [3.05, 3.63) is 96.5 Å². The van der Waals surface area contributed by atoms with Gasteiger partial charge in [0.15, 0.2) is 0 Å². The summed E-state index contributed by atoms with van der Waals surface area (Å²) in [5.41, 5.74) is -1.86. The number of halogens is 5. The summed E-state index contributed by atoms with van der Waals surface area (Å²) in [5, 5.41) is 13.8. The van der Waals surface area contributed by atoms with Crippen molar-refractivity contribution in [2.45, 2.75) is 13.1 Å². The third-order valence-electron chi connectivity index (χ3n) is 5.49. The van der Waals surface area contributed by atoms with Gasteiger partial charge in [0.05, 0.1) is 16.2 Å². The number of imide groups is 2. The van der Waals surface area contributed by atoms with Crippen LogP contribution in [0, 0.1) is 17.0 Å². The number of hydrogen-bond donors (Lipinski definition) is 1. The molecule has 1 aliphatic rings. The van der Waals surface area contributed by atoms with Crippen LogP contribution < -0.4 is 15.0 Å². The number of carbonyl (C=O) groups is 3. The summed E-state index contributed by atoms with van der Waals surface area (Å²) in [6.07, 6.45) is -3.74. The quantitative estimate of drug-likeness (QED) is 0.144. The largest absolute Gasteiger partial charge is 0.449 e. The van der Waals surface area contributed by atoms with Crippen molar-refractivity contribution in [1.29, 1.82) is 0 Å². The third kappa shape index (κ3) is 5.78. The number of hydrogen-bond acceptors (Lipinski definition) is 6. The Morgan fingerprint density at radius 3 is 2.38 bits per heavy atom. The first kappa shape index (κ1) is 27.8. The molecule has 9 nitrogen and oxygen atoms in total. The first-order valence-corrected chi connectivity index (χ1v) is 11.9. The van der Waals surface area contributed by atoms with Crippen LogP contribution in [-0.4, -0.2) is 22.8 Å². The zero-order valence-corrected chi connectivity index (χ0v) is 21.8. The number of carbonyl (C=O) groups excluding carboxylic acids is 3. The summed E-state index contributed by atoms with van der Waals surface area (Å²) in [6.45, 7) is 1.72. The first-order chi connectivity index (χ1) is 18.3. The number of benzene rings is 3. The van der Waals surface area contributed by atoms with E-state index in [2.05, 4.69) is 21.2 Å². The Morgan fingerprint density at radius 1 is 1.05 bits per heavy atom. The molecule has 0 atom stereocenters. The standard InChI is InChI=1S/C25H14BrClF3N3O6/c1-12-2-5-16(11-18(12)27)32-23(35)17(22(34)31-24(32)36)9-13-8-15(26)4-7-20(13)39-21-6-3-14(25(28,29)30)10-19(21)33(37)38/h2-11H,1H3,(H,31,34,36)/b17-9+. The van der Waals surface area contributed by atoms with Gasteiger partial charge in [0, 0.05) is 21.1 Å². The molecule has 0 radical (unpaired) electrons. The van der Waals surface area contributed by atoms with E-state index in [0.717, 1.165) is 12.1 Å². The van der Waals surface area contributed by atoms with Crippen molar-refractivity contribution in [1.82, 2.24) is 5.32 Å². The lowest BCUT2D eigenvalue weighted by molar-refractivity contribution is -0.385. The van der Waals surface area contributed by atoms with Crippen molar-refractivity contribution in [2.24, 2.45) is 0 Å². The molecule has 0 aliphatic carbocycles. The van der Waals surface area contributed by atoms with Gasteiger partial charge in [0.2, 0.25) is 5.75 Å². The number of anilines is 1. The Hall–Kier alpha value is -4.23. The fraction of sp³-hybridized carbons (Fsp3) is 0.0800. The molecule has 0 aromatic heterocycles. The Kier molecular flexibility index (Phi) is 7.48. The van der Waals surface area contributed by atoms with E-state index in [4.69, 9.17) is 16.3 Å². The molecular formula is C25H14BrClF3N3O6. The molecule has 0 saturated carbocycles. The fourth-order valence-corrected chi connectivity index (χ4v) is 4.09. The van der Waals surface area contributed by atoms with Gasteiger partial charge in [0.25, 0.3) is 11.8 Å². The van der Waals surface area contributed by atoms with E-state index in [1.165, 1.54) is 30.3 Å². The molecule has 14 heteroatoms. The van der Waals surface area contributed by atoms with Gasteiger partial charge in [-0.2, -0.15) is 13.2 Å². The number of barbiturate groups is 1. The molecule has 1 aliphatic heterocycles. The highest BCUT2D eigenvalue weighted by Gasteiger charge is 2.37. The van der Waals surface area contributed by atoms with Crippen LogP contribution in [0.3, 0.4) is 0 Å². The van der Waals surface area contributed by atoms with Gasteiger partial charge in [0.1, 0.15) is 11.3 Å². The molecule has 0 spiro atoms. The summed E-state index contributed by atoms with van der Waals surface area (Å²) >= 11 is 9.36. The molecule has 1 heterocycles. The van der Waals surface area contributed by atoms with Gasteiger partial charge in [-0.3, -0.25) is 25.0 Å². The summed E-state index contributed by atoms with van der Waals surface area (Å²) in [6, 6.07) is 9.36. The van der Waals surface area contributed by atoms with Gasteiger partial charge in [-0.1, -0.05) is 33.6 Å². The van der Waals surface area contributed by atoms with Crippen molar-refractivity contribution in [3.63, 3.8) is 0 Å². The van der Waals surface area contributed by atoms with E-state index in [1.807, 2.05) is 0 Å². The molecule has 3 aromatic carbocycles. The SMILES string of the molecule is Cc1ccc(N2C(=O)NC(=O)/C(=C\c3cc(Br)ccc3Oc3ccc(C(F)(F)F)cc3[N+](=O)[O-])C2=O)cc1Cl. The summed E-state index contributed by atoms with van der Waals surface area (Å²) in [7, 11) is 0. The number of amides is 4. The molecule has 39 heavy (non-hydrogen) atoms. The zero-order valence-electron chi connectivity index (χ0n) is 19.5. The first-order valence-electron chi connectivity index (χ1n) is 10.8. The second kappa shape index (κ2) is 10.5. The lowest BCUT2D eigenvalue weighted by Crippen LogP contribution is -2.54. The highest BCUT2D eigenvalue weighted by Crippen LogP contribution is 2.39. The second-order valence-electron chi connectivity index (χ2n) is 8.11. The molecule has 1 saturated heterocycles. The predicted octanol–water partition coefficient (Wildman–Crippen LogP) is 6.80. The zero-order chi connectivity index (χ0) is 28.6. The van der Waals surface area contributed by atoms with Gasteiger partial charge in [-0.25, -0.2) is 9.69 Å². The van der Waals surface area contributed by atoms with E-state index in [0.29, 0.717) is 27.1 Å². The molecule has 4 amide bonds. The van der Waals surface area contributed by atoms with Crippen LogP contribution in [0.25, 0.3) is 6.08 Å². The van der Waals surface area contributed by atoms with Gasteiger partial charge in [-0.05, 0) is 61.0 Å². The molecule has 1 N–H and O–H groups in total. The fourth-order valence-electron chi connectivity index (χ4n) is 3.53. The van der Waals surface area contributed by atoms with Crippen molar-refractivity contribution < 1.29 is 37.2 Å². The minimum absolute atomic E-state index is 0.0494. The maximum absolute atomic E-state index is 13.3. The number of nitrogens with zero attached hydrogens (tertiary/aromatic N) is 2. The van der Waals surface area contributed by atoms with Crippen LogP contribution in [-0.2, 0) is 15.8 Å². The summed E-state index contributed by atoms with van der Waals surface area (Å²) < 4.78 is 45.3. The minimum Gasteiger partial charge on any atom is -0.449 e. The molecule has 0 bridgehead atoms. The van der Waals surface area contributed by atoms with E-state index < -0.39 is 51.5 Å². The lowest BCUT2D eigenvalue weighted by atomic mass is 10.1. The number of alkyl halides is 3. The Balaban J connectivity index is 1.77. The van der Waals surface area contributed by atoms with Crippen molar-refractivity contribution in [2.75, 3.05) is 4.90 Å². The van der Waals surface area contributed by atoms with Crippen LogP contribution in [0.5, 0.6) is 11.5 Å². The minimum atomic E-state index is -4.82. The van der Waals surface area contributed by atoms with Crippen LogP contribution in [0.1, 0.15) is 16.7 Å². The van der Waals surface area contributed by atoms with E-state index in [1.54, 1.807) is 13.0 Å². The number of rotatable bonds is 5. The normalized spacial score (nSPS) is 15.0. The second-order valence-corrected chi connectivity index (χ2v) is 9.44. The van der Waals surface area contributed by atoms with E-state index in [-0.39, 0.29) is 22.0 Å². The number of ether oxygens (including phenoxy) is 1. The maximum Gasteiger partial charge on any atom is 0.416 e. The molecule has 1 fully saturated rings. The molecule has 0 unspecified atom stereocenters. The molecule has 4 rings (SSSR count). The number of nitro groups is 1. The van der Waals surface area contributed by atoms with Crippen LogP contribution in [0.4, 0.5) is 29.3 Å². The number of urea groups is 1. The topological polar surface area (TPSA) is 119 Å². The molecular weight excluding hydrogens is 611 g/mol. The number of aryl methyl sites for hydroxylation is 1. The molecule has 3 aromatic rings. The monoisotopic (exact) mass is 623 g/mol. The van der Waals surface area contributed by atoms with Crippen molar-refractivity contribution in [3.8, 4) is 11.5 Å². The summed E-state index contributed by atoms with van der Waals surface area (Å²) in [5.74, 6) is -2.66. The average molecular weight is 625 g/mol. The number of nitro benzene ring substituents is 1. The van der Waals surface area contributed by atoms with E-state index >= 15 is 0 Å². The molecule has 200 valence electrons. The van der Waals surface area contributed by atoms with Crippen molar-refractivity contribution >= 4 is 62.8 Å². The predicted molar refractivity (Wildman–Crippen MR) is 138 cm³/mol. The lowest BCUT2D eigenvalue weighted by Gasteiger charge is -2.26. The van der Waals surface area contributed by atoms with E-state index in [9.17, 15) is 37.7 Å². The Bertz CT molecular complexity index is 1590. The highest BCUT2D eigenvalue weighted by molar-refractivity contribution is 9.10. The average Bonchev–Trinajstić information content (AvgIpc) is 2.84. The van der Waals surface area contributed by atoms with Crippen LogP contribution >= 0.6 is 27.5 Å². The Labute approximate surface area is 231 Å².